The second-order valence-corrected chi connectivity index (χ2v) is 6.81. The first-order valence-electron chi connectivity index (χ1n) is 7.99. The fourth-order valence-electron chi connectivity index (χ4n) is 2.43. The molecule has 0 radical (unpaired) electrons. The van der Waals surface area contributed by atoms with Crippen molar-refractivity contribution in [3.05, 3.63) is 64.4 Å². The summed E-state index contributed by atoms with van der Waals surface area (Å²) in [5, 5.41) is 16.1. The molecule has 0 fully saturated rings. The molecule has 3 aromatic rings. The Hall–Kier alpha value is -2.60. The molecule has 25 heavy (non-hydrogen) atoms. The number of halogens is 1. The zero-order valence-electron chi connectivity index (χ0n) is 13.8. The first-order chi connectivity index (χ1) is 12.0. The topological polar surface area (TPSA) is 69.8 Å². The van der Waals surface area contributed by atoms with Crippen LogP contribution in [0.25, 0.3) is 10.2 Å². The van der Waals surface area contributed by atoms with Crippen molar-refractivity contribution in [3.63, 3.8) is 0 Å². The van der Waals surface area contributed by atoms with Crippen LogP contribution in [0.2, 0.25) is 0 Å². The molecule has 0 spiro atoms. The molecule has 0 unspecified atom stereocenters. The van der Waals surface area contributed by atoms with Gasteiger partial charge in [-0.15, -0.1) is 11.3 Å². The summed E-state index contributed by atoms with van der Waals surface area (Å²) in [6, 6.07) is 12.6. The van der Waals surface area contributed by atoms with Crippen LogP contribution in [0.4, 0.5) is 4.39 Å². The van der Waals surface area contributed by atoms with Gasteiger partial charge >= 0.3 is 0 Å². The van der Waals surface area contributed by atoms with Crippen molar-refractivity contribution in [2.45, 2.75) is 26.2 Å². The highest BCUT2D eigenvalue weighted by Crippen LogP contribution is 2.25. The van der Waals surface area contributed by atoms with E-state index in [1.165, 1.54) is 23.5 Å². The van der Waals surface area contributed by atoms with E-state index in [-0.39, 0.29) is 24.0 Å². The SMILES string of the molecule is CCC(=N)OC(=N)Cc1nc2ccc(Cc3ccc(F)cc3)cc2s1. The number of nitrogens with zero attached hydrogens (tertiary/aromatic N) is 1. The molecule has 0 atom stereocenters. The van der Waals surface area contributed by atoms with Crippen molar-refractivity contribution in [1.82, 2.24) is 4.98 Å². The third kappa shape index (κ3) is 4.48. The molecule has 0 amide bonds. The fourth-order valence-corrected chi connectivity index (χ4v) is 3.46. The van der Waals surface area contributed by atoms with Crippen LogP contribution < -0.4 is 0 Å². The van der Waals surface area contributed by atoms with Crippen molar-refractivity contribution in [1.29, 1.82) is 10.8 Å². The summed E-state index contributed by atoms with van der Waals surface area (Å²) in [4.78, 5) is 4.52. The predicted molar refractivity (Wildman–Crippen MR) is 99.4 cm³/mol. The van der Waals surface area contributed by atoms with E-state index in [0.29, 0.717) is 6.42 Å². The first kappa shape index (κ1) is 17.2. The highest BCUT2D eigenvalue weighted by atomic mass is 32.1. The Labute approximate surface area is 149 Å². The Kier molecular flexibility index (Phi) is 5.19. The minimum absolute atomic E-state index is 0.0393. The average Bonchev–Trinajstić information content (AvgIpc) is 2.98. The van der Waals surface area contributed by atoms with Crippen molar-refractivity contribution in [2.24, 2.45) is 0 Å². The van der Waals surface area contributed by atoms with Gasteiger partial charge in [0.25, 0.3) is 0 Å². The predicted octanol–water partition coefficient (Wildman–Crippen LogP) is 4.95. The Morgan fingerprint density at radius 2 is 1.80 bits per heavy atom. The lowest BCUT2D eigenvalue weighted by Gasteiger charge is -2.03. The number of ether oxygens (including phenoxy) is 1. The second-order valence-electron chi connectivity index (χ2n) is 5.69. The second kappa shape index (κ2) is 7.53. The van der Waals surface area contributed by atoms with E-state index in [0.717, 1.165) is 32.8 Å². The molecular weight excluding hydrogens is 337 g/mol. The molecule has 0 bridgehead atoms. The van der Waals surface area contributed by atoms with Gasteiger partial charge in [-0.1, -0.05) is 25.1 Å². The van der Waals surface area contributed by atoms with Crippen LogP contribution in [0.1, 0.15) is 29.5 Å². The summed E-state index contributed by atoms with van der Waals surface area (Å²) < 4.78 is 19.2. The highest BCUT2D eigenvalue weighted by molar-refractivity contribution is 7.18. The molecule has 0 saturated carbocycles. The van der Waals surface area contributed by atoms with Crippen LogP contribution in [0.5, 0.6) is 0 Å². The smallest absolute Gasteiger partial charge is 0.195 e. The zero-order chi connectivity index (χ0) is 17.8. The van der Waals surface area contributed by atoms with Crippen LogP contribution in [-0.4, -0.2) is 16.8 Å². The number of aromatic nitrogens is 1. The number of rotatable bonds is 5. The van der Waals surface area contributed by atoms with Gasteiger partial charge in [0.05, 0.1) is 16.6 Å². The van der Waals surface area contributed by atoms with Crippen LogP contribution in [0, 0.1) is 16.6 Å². The van der Waals surface area contributed by atoms with Crippen molar-refractivity contribution >= 4 is 33.3 Å². The minimum atomic E-state index is -0.230. The van der Waals surface area contributed by atoms with Gasteiger partial charge in [-0.05, 0) is 41.8 Å². The molecule has 128 valence electrons. The summed E-state index contributed by atoms with van der Waals surface area (Å²) in [5.74, 6) is -0.0998. The maximum atomic E-state index is 13.0. The monoisotopic (exact) mass is 355 g/mol. The lowest BCUT2D eigenvalue weighted by atomic mass is 10.1. The van der Waals surface area contributed by atoms with E-state index in [2.05, 4.69) is 11.1 Å². The molecule has 3 rings (SSSR count). The standard InChI is InChI=1S/C19H18FN3OS/c1-2-17(21)24-18(22)11-19-23-15-8-5-13(10-16(15)25-19)9-12-3-6-14(20)7-4-12/h3-8,10,21-22H,2,9,11H2,1H3. The lowest BCUT2D eigenvalue weighted by Crippen LogP contribution is -2.11. The van der Waals surface area contributed by atoms with E-state index in [1.54, 1.807) is 12.1 Å². The Morgan fingerprint density at radius 3 is 2.52 bits per heavy atom. The molecule has 4 nitrogen and oxygen atoms in total. The summed E-state index contributed by atoms with van der Waals surface area (Å²) in [6.45, 7) is 1.82. The number of nitrogens with one attached hydrogen (secondary N) is 2. The minimum Gasteiger partial charge on any atom is -0.429 e. The summed E-state index contributed by atoms with van der Waals surface area (Å²) in [7, 11) is 0. The molecule has 1 heterocycles. The van der Waals surface area contributed by atoms with Gasteiger partial charge in [-0.3, -0.25) is 10.8 Å². The molecule has 0 saturated heterocycles. The number of fused-ring (bicyclic) bond motifs is 1. The number of hydrogen-bond donors (Lipinski definition) is 2. The Balaban J connectivity index is 1.73. The van der Waals surface area contributed by atoms with Gasteiger partial charge in [-0.2, -0.15) is 0 Å². The Bertz CT molecular complexity index is 918. The van der Waals surface area contributed by atoms with Crippen molar-refractivity contribution in [3.8, 4) is 0 Å². The summed E-state index contributed by atoms with van der Waals surface area (Å²) in [5.41, 5.74) is 3.08. The van der Waals surface area contributed by atoms with E-state index in [1.807, 2.05) is 19.1 Å². The van der Waals surface area contributed by atoms with Crippen LogP contribution >= 0.6 is 11.3 Å². The lowest BCUT2D eigenvalue weighted by molar-refractivity contribution is 0.506. The largest absolute Gasteiger partial charge is 0.429 e. The number of thiazole rings is 1. The van der Waals surface area contributed by atoms with E-state index in [4.69, 9.17) is 15.6 Å². The zero-order valence-corrected chi connectivity index (χ0v) is 14.6. The highest BCUT2D eigenvalue weighted by Gasteiger charge is 2.10. The average molecular weight is 355 g/mol. The van der Waals surface area contributed by atoms with Gasteiger partial charge in [0.15, 0.2) is 11.8 Å². The molecule has 0 aliphatic carbocycles. The third-order valence-electron chi connectivity index (χ3n) is 3.70. The molecule has 2 aromatic carbocycles. The number of hydrogen-bond acceptors (Lipinski definition) is 5. The Morgan fingerprint density at radius 1 is 1.08 bits per heavy atom. The molecule has 0 aliphatic rings. The molecule has 6 heteroatoms. The van der Waals surface area contributed by atoms with Gasteiger partial charge in [0.2, 0.25) is 0 Å². The number of benzene rings is 2. The molecule has 2 N–H and O–H groups in total. The molecule has 1 aromatic heterocycles. The summed E-state index contributed by atoms with van der Waals surface area (Å²) in [6.07, 6.45) is 1.49. The van der Waals surface area contributed by atoms with Gasteiger partial charge in [0.1, 0.15) is 10.8 Å². The quantitative estimate of drug-likeness (QED) is 0.502. The van der Waals surface area contributed by atoms with Gasteiger partial charge in [-0.25, -0.2) is 9.37 Å². The van der Waals surface area contributed by atoms with Crippen molar-refractivity contribution in [2.75, 3.05) is 0 Å². The summed E-state index contributed by atoms with van der Waals surface area (Å²) >= 11 is 1.53. The fraction of sp³-hybridized carbons (Fsp3) is 0.211. The van der Waals surface area contributed by atoms with Crippen LogP contribution in [-0.2, 0) is 17.6 Å². The van der Waals surface area contributed by atoms with Gasteiger partial charge in [0, 0.05) is 6.42 Å². The maximum absolute atomic E-state index is 13.0. The van der Waals surface area contributed by atoms with E-state index >= 15 is 0 Å². The first-order valence-corrected chi connectivity index (χ1v) is 8.80. The van der Waals surface area contributed by atoms with Crippen molar-refractivity contribution < 1.29 is 9.13 Å². The van der Waals surface area contributed by atoms with E-state index in [9.17, 15) is 4.39 Å². The third-order valence-corrected chi connectivity index (χ3v) is 4.72. The van der Waals surface area contributed by atoms with Crippen LogP contribution in [0.3, 0.4) is 0 Å². The van der Waals surface area contributed by atoms with Crippen LogP contribution in [0.15, 0.2) is 42.5 Å². The van der Waals surface area contributed by atoms with E-state index < -0.39 is 0 Å². The van der Waals surface area contributed by atoms with Gasteiger partial charge < -0.3 is 4.74 Å². The molecule has 0 aliphatic heterocycles. The molecular formula is C19H18FN3OS. The maximum Gasteiger partial charge on any atom is 0.195 e. The normalized spacial score (nSPS) is 10.8.